The summed E-state index contributed by atoms with van der Waals surface area (Å²) in [5.41, 5.74) is 1.61. The van der Waals surface area contributed by atoms with E-state index in [9.17, 15) is 19.5 Å². The number of benzene rings is 1. The first kappa shape index (κ1) is 17.3. The van der Waals surface area contributed by atoms with E-state index in [1.54, 1.807) is 42.7 Å². The van der Waals surface area contributed by atoms with Crippen molar-refractivity contribution in [3.63, 3.8) is 0 Å². The van der Waals surface area contributed by atoms with E-state index < -0.39 is 17.9 Å². The van der Waals surface area contributed by atoms with E-state index in [-0.39, 0.29) is 25.3 Å². The lowest BCUT2D eigenvalue weighted by atomic mass is 10.1. The number of aliphatic carboxylic acids is 1. The first-order chi connectivity index (χ1) is 11.5. The summed E-state index contributed by atoms with van der Waals surface area (Å²) in [5, 5.41) is 14.1. The van der Waals surface area contributed by atoms with Crippen molar-refractivity contribution < 1.29 is 19.5 Å². The molecule has 24 heavy (non-hydrogen) atoms. The normalized spacial score (nSPS) is 11.5. The number of rotatable bonds is 8. The molecule has 0 fully saturated rings. The van der Waals surface area contributed by atoms with Crippen LogP contribution in [0.15, 0.2) is 48.8 Å². The monoisotopic (exact) mass is 329 g/mol. The Morgan fingerprint density at radius 2 is 1.79 bits per heavy atom. The second kappa shape index (κ2) is 8.52. The van der Waals surface area contributed by atoms with Crippen molar-refractivity contribution in [1.29, 1.82) is 0 Å². The average Bonchev–Trinajstić information content (AvgIpc) is 3.06. The molecule has 0 unspecified atom stereocenters. The summed E-state index contributed by atoms with van der Waals surface area (Å²) in [4.78, 5) is 37.7. The van der Waals surface area contributed by atoms with Gasteiger partial charge in [-0.25, -0.2) is 4.79 Å². The van der Waals surface area contributed by atoms with Crippen LogP contribution in [0.5, 0.6) is 0 Å². The van der Waals surface area contributed by atoms with E-state index in [1.165, 1.54) is 0 Å². The zero-order valence-electron chi connectivity index (χ0n) is 13.0. The fourth-order valence-electron chi connectivity index (χ4n) is 2.19. The van der Waals surface area contributed by atoms with Gasteiger partial charge in [0.05, 0.1) is 13.0 Å². The van der Waals surface area contributed by atoms with Gasteiger partial charge in [0, 0.05) is 18.8 Å². The molecule has 0 radical (unpaired) electrons. The smallest absolute Gasteiger partial charge is 0.326 e. The molecule has 1 heterocycles. The Morgan fingerprint density at radius 1 is 1.04 bits per heavy atom. The maximum absolute atomic E-state index is 11.9. The maximum Gasteiger partial charge on any atom is 0.326 e. The second-order valence-electron chi connectivity index (χ2n) is 5.32. The summed E-state index contributed by atoms with van der Waals surface area (Å²) in [7, 11) is 0. The standard InChI is InChI=1S/C17H19N3O4/c21-15(9-13-6-7-18-10-13)19-11-16(22)20-14(17(23)24)8-12-4-2-1-3-5-12/h1-7,10,14,18H,8-9,11H2,(H,19,21)(H,20,22)(H,23,24)/t14-/m1/s1. The molecule has 0 saturated heterocycles. The summed E-state index contributed by atoms with van der Waals surface area (Å²) in [6.45, 7) is -0.262. The predicted octanol–water partition coefficient (Wildman–Crippen LogP) is 0.486. The molecule has 2 amide bonds. The Hall–Kier alpha value is -3.09. The lowest BCUT2D eigenvalue weighted by Crippen LogP contribution is -2.46. The van der Waals surface area contributed by atoms with Gasteiger partial charge in [0.2, 0.25) is 11.8 Å². The molecular formula is C17H19N3O4. The van der Waals surface area contributed by atoms with E-state index in [1.807, 2.05) is 6.07 Å². The van der Waals surface area contributed by atoms with Crippen LogP contribution in [0.4, 0.5) is 0 Å². The van der Waals surface area contributed by atoms with Gasteiger partial charge >= 0.3 is 5.97 Å². The number of carbonyl (C=O) groups excluding carboxylic acids is 2. The van der Waals surface area contributed by atoms with Crippen molar-refractivity contribution in [3.8, 4) is 0 Å². The molecule has 126 valence electrons. The van der Waals surface area contributed by atoms with Gasteiger partial charge in [0.1, 0.15) is 6.04 Å². The number of H-pyrrole nitrogens is 1. The first-order valence-corrected chi connectivity index (χ1v) is 7.49. The number of carboxylic acids is 1. The van der Waals surface area contributed by atoms with Gasteiger partial charge in [0.15, 0.2) is 0 Å². The van der Waals surface area contributed by atoms with Gasteiger partial charge in [-0.1, -0.05) is 30.3 Å². The number of aromatic nitrogens is 1. The van der Waals surface area contributed by atoms with Crippen LogP contribution in [-0.2, 0) is 27.2 Å². The van der Waals surface area contributed by atoms with Crippen molar-refractivity contribution in [2.45, 2.75) is 18.9 Å². The summed E-state index contributed by atoms with van der Waals surface area (Å²) in [6, 6.07) is 9.75. The van der Waals surface area contributed by atoms with Crippen molar-refractivity contribution in [3.05, 3.63) is 59.9 Å². The second-order valence-corrected chi connectivity index (χ2v) is 5.32. The third-order valence-corrected chi connectivity index (χ3v) is 3.39. The number of carbonyl (C=O) groups is 3. The third kappa shape index (κ3) is 5.60. The fourth-order valence-corrected chi connectivity index (χ4v) is 2.19. The number of carboxylic acid groups (broad SMARTS) is 1. The minimum Gasteiger partial charge on any atom is -0.480 e. The highest BCUT2D eigenvalue weighted by molar-refractivity contribution is 5.88. The predicted molar refractivity (Wildman–Crippen MR) is 87.2 cm³/mol. The molecule has 0 bridgehead atoms. The number of aromatic amines is 1. The Kier molecular flexibility index (Phi) is 6.13. The Bertz CT molecular complexity index is 683. The van der Waals surface area contributed by atoms with Crippen LogP contribution < -0.4 is 10.6 Å². The quantitative estimate of drug-likeness (QED) is 0.564. The SMILES string of the molecule is O=C(Cc1cc[nH]c1)NCC(=O)N[C@H](Cc1ccccc1)C(=O)O. The molecule has 1 atom stereocenters. The topological polar surface area (TPSA) is 111 Å². The number of amides is 2. The van der Waals surface area contributed by atoms with E-state index in [4.69, 9.17) is 0 Å². The molecule has 1 aromatic carbocycles. The molecular weight excluding hydrogens is 310 g/mol. The van der Waals surface area contributed by atoms with Crippen molar-refractivity contribution in [1.82, 2.24) is 15.6 Å². The van der Waals surface area contributed by atoms with E-state index in [0.717, 1.165) is 11.1 Å². The Balaban J connectivity index is 1.80. The molecule has 7 nitrogen and oxygen atoms in total. The summed E-state index contributed by atoms with van der Waals surface area (Å²) >= 11 is 0. The van der Waals surface area contributed by atoms with Gasteiger partial charge in [0.25, 0.3) is 0 Å². The van der Waals surface area contributed by atoms with Gasteiger partial charge in [-0.15, -0.1) is 0 Å². The third-order valence-electron chi connectivity index (χ3n) is 3.39. The molecule has 4 N–H and O–H groups in total. The van der Waals surface area contributed by atoms with Crippen LogP contribution in [-0.4, -0.2) is 40.5 Å². The van der Waals surface area contributed by atoms with Crippen molar-refractivity contribution in [2.24, 2.45) is 0 Å². The molecule has 0 aliphatic heterocycles. The molecule has 1 aromatic heterocycles. The molecule has 0 aliphatic rings. The fraction of sp³-hybridized carbons (Fsp3) is 0.235. The molecule has 2 rings (SSSR count). The summed E-state index contributed by atoms with van der Waals surface area (Å²) in [5.74, 6) is -1.97. The highest BCUT2D eigenvalue weighted by atomic mass is 16.4. The minimum atomic E-state index is -1.12. The van der Waals surface area contributed by atoms with Gasteiger partial charge in [-0.3, -0.25) is 9.59 Å². The van der Waals surface area contributed by atoms with Crippen LogP contribution in [0.25, 0.3) is 0 Å². The van der Waals surface area contributed by atoms with E-state index >= 15 is 0 Å². The van der Waals surface area contributed by atoms with Crippen LogP contribution in [0.2, 0.25) is 0 Å². The van der Waals surface area contributed by atoms with E-state index in [0.29, 0.717) is 0 Å². The average molecular weight is 329 g/mol. The first-order valence-electron chi connectivity index (χ1n) is 7.49. The highest BCUT2D eigenvalue weighted by Gasteiger charge is 2.20. The molecule has 0 spiro atoms. The van der Waals surface area contributed by atoms with Gasteiger partial charge in [-0.2, -0.15) is 0 Å². The van der Waals surface area contributed by atoms with Crippen LogP contribution >= 0.6 is 0 Å². The molecule has 0 saturated carbocycles. The van der Waals surface area contributed by atoms with Crippen LogP contribution in [0, 0.1) is 0 Å². The van der Waals surface area contributed by atoms with E-state index in [2.05, 4.69) is 15.6 Å². The minimum absolute atomic E-state index is 0.156. The molecule has 2 aromatic rings. The van der Waals surface area contributed by atoms with Gasteiger partial charge < -0.3 is 20.7 Å². The number of hydrogen-bond donors (Lipinski definition) is 4. The molecule has 7 heteroatoms. The lowest BCUT2D eigenvalue weighted by Gasteiger charge is -2.15. The molecule has 0 aliphatic carbocycles. The number of hydrogen-bond acceptors (Lipinski definition) is 3. The maximum atomic E-state index is 11.9. The summed E-state index contributed by atoms with van der Waals surface area (Å²) in [6.07, 6.45) is 3.73. The lowest BCUT2D eigenvalue weighted by molar-refractivity contribution is -0.141. The zero-order chi connectivity index (χ0) is 17.4. The van der Waals surface area contributed by atoms with Crippen LogP contribution in [0.1, 0.15) is 11.1 Å². The van der Waals surface area contributed by atoms with Crippen LogP contribution in [0.3, 0.4) is 0 Å². The summed E-state index contributed by atoms with van der Waals surface area (Å²) < 4.78 is 0. The largest absolute Gasteiger partial charge is 0.480 e. The Morgan fingerprint density at radius 3 is 2.42 bits per heavy atom. The highest BCUT2D eigenvalue weighted by Crippen LogP contribution is 2.03. The number of nitrogens with one attached hydrogen (secondary N) is 3. The zero-order valence-corrected chi connectivity index (χ0v) is 13.0. The van der Waals surface area contributed by atoms with Crippen molar-refractivity contribution >= 4 is 17.8 Å². The Labute approximate surface area is 139 Å². The van der Waals surface area contributed by atoms with Crippen molar-refractivity contribution in [2.75, 3.05) is 6.54 Å². The van der Waals surface area contributed by atoms with Gasteiger partial charge in [-0.05, 0) is 17.2 Å².